The maximum absolute atomic E-state index is 13.0. The van der Waals surface area contributed by atoms with Crippen molar-refractivity contribution in [2.24, 2.45) is 23.7 Å². The van der Waals surface area contributed by atoms with Gasteiger partial charge in [0, 0.05) is 6.92 Å². The summed E-state index contributed by atoms with van der Waals surface area (Å²) in [5, 5.41) is 0. The van der Waals surface area contributed by atoms with Crippen molar-refractivity contribution in [1.82, 2.24) is 0 Å². The Labute approximate surface area is 106 Å². The van der Waals surface area contributed by atoms with Gasteiger partial charge in [0.1, 0.15) is 5.60 Å². The van der Waals surface area contributed by atoms with Gasteiger partial charge in [-0.1, -0.05) is 0 Å². The highest BCUT2D eigenvalue weighted by Gasteiger charge is 2.58. The zero-order chi connectivity index (χ0) is 13.1. The normalized spacial score (nSPS) is 46.2. The van der Waals surface area contributed by atoms with E-state index in [1.807, 2.05) is 6.92 Å². The van der Waals surface area contributed by atoms with Crippen molar-refractivity contribution in [2.75, 3.05) is 0 Å². The molecule has 0 aromatic rings. The molecule has 0 saturated heterocycles. The first-order chi connectivity index (χ1) is 8.29. The fourth-order valence-electron chi connectivity index (χ4n) is 4.58. The molecule has 4 bridgehead atoms. The fourth-order valence-corrected chi connectivity index (χ4v) is 4.58. The highest BCUT2D eigenvalue weighted by Crippen LogP contribution is 2.59. The fraction of sp³-hybridized carbons (Fsp3) is 0.929. The number of alkyl halides is 2. The van der Waals surface area contributed by atoms with Gasteiger partial charge in [0.05, 0.1) is 0 Å². The first kappa shape index (κ1) is 12.4. The molecule has 0 radical (unpaired) electrons. The van der Waals surface area contributed by atoms with E-state index >= 15 is 0 Å². The summed E-state index contributed by atoms with van der Waals surface area (Å²) in [5.41, 5.74) is -0.649. The standard InChI is InChI=1S/C14H20F2O2/c1-13(18-12(17)14(2,15)16)10-4-8-3-9(6-10)7-11(13)5-8/h8-11H,3-7H2,1-2H3. The van der Waals surface area contributed by atoms with Gasteiger partial charge in [0.15, 0.2) is 0 Å². The van der Waals surface area contributed by atoms with Crippen LogP contribution in [-0.2, 0) is 9.53 Å². The highest BCUT2D eigenvalue weighted by atomic mass is 19.3. The van der Waals surface area contributed by atoms with E-state index in [1.165, 1.54) is 6.42 Å². The molecule has 102 valence electrons. The molecule has 0 N–H and O–H groups in total. The minimum absolute atomic E-state index is 0.292. The van der Waals surface area contributed by atoms with Crippen LogP contribution >= 0.6 is 0 Å². The van der Waals surface area contributed by atoms with Gasteiger partial charge in [0.2, 0.25) is 0 Å². The van der Waals surface area contributed by atoms with Gasteiger partial charge in [-0.25, -0.2) is 4.79 Å². The van der Waals surface area contributed by atoms with Gasteiger partial charge in [-0.05, 0) is 62.7 Å². The lowest BCUT2D eigenvalue weighted by atomic mass is 9.50. The van der Waals surface area contributed by atoms with Crippen molar-refractivity contribution in [1.29, 1.82) is 0 Å². The van der Waals surface area contributed by atoms with Gasteiger partial charge in [0.25, 0.3) is 0 Å². The number of rotatable bonds is 2. The summed E-state index contributed by atoms with van der Waals surface area (Å²) < 4.78 is 31.3. The molecule has 4 aliphatic rings. The molecule has 4 fully saturated rings. The van der Waals surface area contributed by atoms with E-state index in [4.69, 9.17) is 4.74 Å². The van der Waals surface area contributed by atoms with Crippen LogP contribution in [0.1, 0.15) is 46.0 Å². The second kappa shape index (κ2) is 3.67. The predicted octanol–water partition coefficient (Wildman–Crippen LogP) is 3.40. The van der Waals surface area contributed by atoms with E-state index in [-0.39, 0.29) is 0 Å². The second-order valence-electron chi connectivity index (χ2n) is 6.77. The van der Waals surface area contributed by atoms with Crippen LogP contribution in [0.3, 0.4) is 0 Å². The molecule has 2 nitrogen and oxygen atoms in total. The van der Waals surface area contributed by atoms with E-state index in [1.54, 1.807) is 0 Å². The summed E-state index contributed by atoms with van der Waals surface area (Å²) >= 11 is 0. The minimum Gasteiger partial charge on any atom is -0.454 e. The smallest absolute Gasteiger partial charge is 0.377 e. The second-order valence-corrected chi connectivity index (χ2v) is 6.77. The van der Waals surface area contributed by atoms with Crippen LogP contribution in [0.2, 0.25) is 0 Å². The maximum atomic E-state index is 13.0. The molecule has 4 aliphatic carbocycles. The third-order valence-corrected chi connectivity index (χ3v) is 5.43. The molecular formula is C14H20F2O2. The Morgan fingerprint density at radius 1 is 1.11 bits per heavy atom. The number of hydrogen-bond acceptors (Lipinski definition) is 2. The molecule has 4 saturated carbocycles. The SMILES string of the molecule is CC(F)(F)C(=O)OC1(C)C2CC3CC(C2)CC1C3. The summed E-state index contributed by atoms with van der Waals surface area (Å²) in [6, 6.07) is 0. The van der Waals surface area contributed by atoms with Gasteiger partial charge < -0.3 is 4.74 Å². The number of halogens is 2. The van der Waals surface area contributed by atoms with E-state index in [0.717, 1.165) is 37.5 Å². The van der Waals surface area contributed by atoms with Crippen molar-refractivity contribution in [3.63, 3.8) is 0 Å². The van der Waals surface area contributed by atoms with Crippen LogP contribution in [0, 0.1) is 23.7 Å². The predicted molar refractivity (Wildman–Crippen MR) is 62.2 cm³/mol. The first-order valence-electron chi connectivity index (χ1n) is 6.90. The minimum atomic E-state index is -3.38. The van der Waals surface area contributed by atoms with Crippen LogP contribution < -0.4 is 0 Å². The van der Waals surface area contributed by atoms with E-state index in [9.17, 15) is 13.6 Å². The van der Waals surface area contributed by atoms with Gasteiger partial charge >= 0.3 is 11.9 Å². The molecule has 0 spiro atoms. The number of esters is 1. The molecule has 0 unspecified atom stereocenters. The monoisotopic (exact) mass is 258 g/mol. The third-order valence-electron chi connectivity index (χ3n) is 5.43. The molecule has 0 aromatic heterocycles. The summed E-state index contributed by atoms with van der Waals surface area (Å²) in [6.45, 7) is 2.50. The summed E-state index contributed by atoms with van der Waals surface area (Å²) in [4.78, 5) is 11.5. The zero-order valence-electron chi connectivity index (χ0n) is 10.9. The first-order valence-corrected chi connectivity index (χ1v) is 6.90. The lowest BCUT2D eigenvalue weighted by Gasteiger charge is -2.59. The van der Waals surface area contributed by atoms with E-state index < -0.39 is 17.5 Å². The number of ether oxygens (including phenoxy) is 1. The molecule has 0 heterocycles. The average molecular weight is 258 g/mol. The molecule has 18 heavy (non-hydrogen) atoms. The van der Waals surface area contributed by atoms with Crippen LogP contribution in [0.25, 0.3) is 0 Å². The summed E-state index contributed by atoms with van der Waals surface area (Å²) in [5.74, 6) is -2.67. The van der Waals surface area contributed by atoms with Gasteiger partial charge in [-0.2, -0.15) is 8.78 Å². The van der Waals surface area contributed by atoms with Gasteiger partial charge in [-0.15, -0.1) is 0 Å². The Hall–Kier alpha value is -0.670. The van der Waals surface area contributed by atoms with E-state index in [0.29, 0.717) is 18.8 Å². The van der Waals surface area contributed by atoms with Crippen molar-refractivity contribution < 1.29 is 18.3 Å². The Morgan fingerprint density at radius 3 is 1.94 bits per heavy atom. The van der Waals surface area contributed by atoms with Crippen LogP contribution in [0.4, 0.5) is 8.78 Å². The van der Waals surface area contributed by atoms with Crippen LogP contribution in [0.5, 0.6) is 0 Å². The van der Waals surface area contributed by atoms with Crippen molar-refractivity contribution >= 4 is 5.97 Å². The quantitative estimate of drug-likeness (QED) is 0.710. The molecule has 0 aliphatic heterocycles. The number of hydrogen-bond donors (Lipinski definition) is 0. The highest BCUT2D eigenvalue weighted by molar-refractivity contribution is 5.77. The molecule has 4 rings (SSSR count). The largest absolute Gasteiger partial charge is 0.454 e. The Kier molecular flexibility index (Phi) is 2.52. The van der Waals surface area contributed by atoms with Crippen molar-refractivity contribution in [2.45, 2.75) is 57.5 Å². The third kappa shape index (κ3) is 1.76. The summed E-state index contributed by atoms with van der Waals surface area (Å²) in [6.07, 6.45) is 5.48. The van der Waals surface area contributed by atoms with Crippen LogP contribution in [-0.4, -0.2) is 17.5 Å². The molecular weight excluding hydrogens is 238 g/mol. The van der Waals surface area contributed by atoms with Crippen molar-refractivity contribution in [3.8, 4) is 0 Å². The van der Waals surface area contributed by atoms with E-state index in [2.05, 4.69) is 0 Å². The number of carbonyl (C=O) groups is 1. The zero-order valence-corrected chi connectivity index (χ0v) is 10.9. The topological polar surface area (TPSA) is 26.3 Å². The lowest BCUT2D eigenvalue weighted by molar-refractivity contribution is -0.221. The van der Waals surface area contributed by atoms with Crippen LogP contribution in [0.15, 0.2) is 0 Å². The molecule has 0 atom stereocenters. The Balaban J connectivity index is 1.80. The molecule has 4 heteroatoms. The van der Waals surface area contributed by atoms with Gasteiger partial charge in [-0.3, -0.25) is 0 Å². The number of carbonyl (C=O) groups excluding carboxylic acids is 1. The lowest BCUT2D eigenvalue weighted by Crippen LogP contribution is -2.58. The maximum Gasteiger partial charge on any atom is 0.377 e. The van der Waals surface area contributed by atoms with Crippen molar-refractivity contribution in [3.05, 3.63) is 0 Å². The Morgan fingerprint density at radius 2 is 1.56 bits per heavy atom. The Bertz CT molecular complexity index is 344. The molecule has 0 amide bonds. The summed E-state index contributed by atoms with van der Waals surface area (Å²) in [7, 11) is 0. The molecule has 0 aromatic carbocycles. The average Bonchev–Trinajstić information content (AvgIpc) is 2.23.